The lowest BCUT2D eigenvalue weighted by molar-refractivity contribution is -0.141. The van der Waals surface area contributed by atoms with Gasteiger partial charge < -0.3 is 15.3 Å². The van der Waals surface area contributed by atoms with Crippen molar-refractivity contribution in [3.63, 3.8) is 0 Å². The number of anilines is 2. The van der Waals surface area contributed by atoms with Crippen LogP contribution in [0.5, 0.6) is 0 Å². The van der Waals surface area contributed by atoms with Crippen LogP contribution in [-0.2, 0) is 14.4 Å². The molecular formula is C15H18N2O4. The summed E-state index contributed by atoms with van der Waals surface area (Å²) in [5.41, 5.74) is 1.20. The van der Waals surface area contributed by atoms with Crippen molar-refractivity contribution in [2.45, 2.75) is 20.3 Å². The van der Waals surface area contributed by atoms with Gasteiger partial charge in [0, 0.05) is 30.3 Å². The zero-order valence-corrected chi connectivity index (χ0v) is 12.0. The third-order valence-electron chi connectivity index (χ3n) is 3.42. The summed E-state index contributed by atoms with van der Waals surface area (Å²) in [4.78, 5) is 36.0. The summed E-state index contributed by atoms with van der Waals surface area (Å²) in [7, 11) is 0. The summed E-state index contributed by atoms with van der Waals surface area (Å²) in [6.07, 6.45) is 0.0118. The van der Waals surface area contributed by atoms with Gasteiger partial charge in [0.2, 0.25) is 11.8 Å². The van der Waals surface area contributed by atoms with Gasteiger partial charge in [-0.1, -0.05) is 19.9 Å². The molecule has 1 aliphatic rings. The van der Waals surface area contributed by atoms with Crippen LogP contribution in [0.15, 0.2) is 24.3 Å². The smallest absolute Gasteiger partial charge is 0.308 e. The number of carboxylic acid groups (broad SMARTS) is 1. The van der Waals surface area contributed by atoms with Gasteiger partial charge in [0.25, 0.3) is 0 Å². The number of carboxylic acids is 1. The summed E-state index contributed by atoms with van der Waals surface area (Å²) in [5.74, 6) is -2.10. The van der Waals surface area contributed by atoms with E-state index in [-0.39, 0.29) is 30.7 Å². The maximum atomic E-state index is 11.9. The van der Waals surface area contributed by atoms with Crippen LogP contribution in [0.2, 0.25) is 0 Å². The number of hydrogen-bond donors (Lipinski definition) is 2. The molecule has 2 rings (SSSR count). The zero-order valence-electron chi connectivity index (χ0n) is 12.0. The number of aliphatic carboxylic acids is 1. The summed E-state index contributed by atoms with van der Waals surface area (Å²) < 4.78 is 0. The monoisotopic (exact) mass is 290 g/mol. The molecule has 112 valence electrons. The van der Waals surface area contributed by atoms with Gasteiger partial charge in [0.05, 0.1) is 5.92 Å². The SMILES string of the molecule is CC(C)C(=O)Nc1cccc(N2C[C@@H](C(=O)O)CC2=O)c1. The van der Waals surface area contributed by atoms with E-state index in [9.17, 15) is 14.4 Å². The second-order valence-corrected chi connectivity index (χ2v) is 5.44. The van der Waals surface area contributed by atoms with Crippen molar-refractivity contribution in [1.29, 1.82) is 0 Å². The predicted octanol–water partition coefficient (Wildman–Crippen LogP) is 1.72. The standard InChI is InChI=1S/C15H18N2O4/c1-9(2)14(19)16-11-4-3-5-12(7-11)17-8-10(15(20)21)6-13(17)18/h3-5,7,9-10H,6,8H2,1-2H3,(H,16,19)(H,20,21)/t10-/m0/s1. The van der Waals surface area contributed by atoms with Gasteiger partial charge in [0.1, 0.15) is 0 Å². The number of nitrogens with one attached hydrogen (secondary N) is 1. The first-order valence-corrected chi connectivity index (χ1v) is 6.82. The van der Waals surface area contributed by atoms with Crippen molar-refractivity contribution in [2.75, 3.05) is 16.8 Å². The number of carbonyl (C=O) groups is 3. The highest BCUT2D eigenvalue weighted by atomic mass is 16.4. The van der Waals surface area contributed by atoms with E-state index in [1.165, 1.54) is 4.90 Å². The Morgan fingerprint density at radius 3 is 2.67 bits per heavy atom. The predicted molar refractivity (Wildman–Crippen MR) is 78.0 cm³/mol. The molecule has 1 saturated heterocycles. The van der Waals surface area contributed by atoms with Crippen molar-refractivity contribution < 1.29 is 19.5 Å². The van der Waals surface area contributed by atoms with Crippen molar-refractivity contribution in [2.24, 2.45) is 11.8 Å². The molecule has 0 aromatic heterocycles. The van der Waals surface area contributed by atoms with E-state index in [1.807, 2.05) is 0 Å². The van der Waals surface area contributed by atoms with Crippen LogP contribution in [0.1, 0.15) is 20.3 Å². The third-order valence-corrected chi connectivity index (χ3v) is 3.42. The Hall–Kier alpha value is -2.37. The van der Waals surface area contributed by atoms with Crippen LogP contribution in [0.4, 0.5) is 11.4 Å². The highest BCUT2D eigenvalue weighted by molar-refractivity contribution is 6.00. The molecule has 1 aromatic carbocycles. The number of hydrogen-bond acceptors (Lipinski definition) is 3. The zero-order chi connectivity index (χ0) is 15.6. The van der Waals surface area contributed by atoms with Crippen LogP contribution < -0.4 is 10.2 Å². The van der Waals surface area contributed by atoms with Gasteiger partial charge in [-0.25, -0.2) is 0 Å². The fourth-order valence-corrected chi connectivity index (χ4v) is 2.16. The maximum Gasteiger partial charge on any atom is 0.308 e. The molecule has 1 aliphatic heterocycles. The largest absolute Gasteiger partial charge is 0.481 e. The first-order valence-electron chi connectivity index (χ1n) is 6.82. The Kier molecular flexibility index (Phi) is 4.26. The number of amides is 2. The van der Waals surface area contributed by atoms with E-state index in [1.54, 1.807) is 38.1 Å². The molecule has 6 nitrogen and oxygen atoms in total. The number of carbonyl (C=O) groups excluding carboxylic acids is 2. The van der Waals surface area contributed by atoms with Crippen molar-refractivity contribution in [3.05, 3.63) is 24.3 Å². The molecule has 0 saturated carbocycles. The Labute approximate surface area is 122 Å². The molecule has 0 spiro atoms. The molecule has 21 heavy (non-hydrogen) atoms. The molecule has 2 N–H and O–H groups in total. The van der Waals surface area contributed by atoms with Gasteiger partial charge in [-0.3, -0.25) is 14.4 Å². The normalized spacial score (nSPS) is 18.1. The molecular weight excluding hydrogens is 272 g/mol. The van der Waals surface area contributed by atoms with Gasteiger partial charge in [-0.2, -0.15) is 0 Å². The minimum atomic E-state index is -0.963. The minimum Gasteiger partial charge on any atom is -0.481 e. The molecule has 1 aromatic rings. The maximum absolute atomic E-state index is 11.9. The molecule has 0 radical (unpaired) electrons. The van der Waals surface area contributed by atoms with Crippen LogP contribution in [0.3, 0.4) is 0 Å². The van der Waals surface area contributed by atoms with E-state index in [0.29, 0.717) is 11.4 Å². The van der Waals surface area contributed by atoms with Crippen molar-refractivity contribution in [3.8, 4) is 0 Å². The van der Waals surface area contributed by atoms with E-state index in [4.69, 9.17) is 5.11 Å². The van der Waals surface area contributed by atoms with Gasteiger partial charge in [0.15, 0.2) is 0 Å². The van der Waals surface area contributed by atoms with Crippen molar-refractivity contribution in [1.82, 2.24) is 0 Å². The molecule has 0 aliphatic carbocycles. The van der Waals surface area contributed by atoms with Gasteiger partial charge >= 0.3 is 5.97 Å². The average molecular weight is 290 g/mol. The number of rotatable bonds is 4. The van der Waals surface area contributed by atoms with Crippen LogP contribution in [-0.4, -0.2) is 29.4 Å². The van der Waals surface area contributed by atoms with Crippen LogP contribution >= 0.6 is 0 Å². The molecule has 1 atom stereocenters. The second kappa shape index (κ2) is 5.95. The van der Waals surface area contributed by atoms with E-state index < -0.39 is 11.9 Å². The molecule has 1 heterocycles. The first kappa shape index (κ1) is 15.0. The molecule has 1 fully saturated rings. The first-order chi connectivity index (χ1) is 9.88. The molecule has 6 heteroatoms. The Balaban J connectivity index is 2.16. The third kappa shape index (κ3) is 3.39. The average Bonchev–Trinajstić information content (AvgIpc) is 2.81. The van der Waals surface area contributed by atoms with Crippen LogP contribution in [0, 0.1) is 11.8 Å². The summed E-state index contributed by atoms with van der Waals surface area (Å²) >= 11 is 0. The van der Waals surface area contributed by atoms with Gasteiger partial charge in [-0.15, -0.1) is 0 Å². The van der Waals surface area contributed by atoms with E-state index >= 15 is 0 Å². The van der Waals surface area contributed by atoms with Crippen molar-refractivity contribution >= 4 is 29.2 Å². The summed E-state index contributed by atoms with van der Waals surface area (Å²) in [6, 6.07) is 6.88. The fraction of sp³-hybridized carbons (Fsp3) is 0.400. The minimum absolute atomic E-state index is 0.0118. The highest BCUT2D eigenvalue weighted by Crippen LogP contribution is 2.27. The Bertz CT molecular complexity index is 583. The fourth-order valence-electron chi connectivity index (χ4n) is 2.16. The lowest BCUT2D eigenvalue weighted by Crippen LogP contribution is -2.26. The molecule has 0 unspecified atom stereocenters. The van der Waals surface area contributed by atoms with Crippen LogP contribution in [0.25, 0.3) is 0 Å². The number of benzene rings is 1. The highest BCUT2D eigenvalue weighted by Gasteiger charge is 2.35. The summed E-state index contributed by atoms with van der Waals surface area (Å²) in [6.45, 7) is 3.75. The quantitative estimate of drug-likeness (QED) is 0.884. The second-order valence-electron chi connectivity index (χ2n) is 5.44. The Morgan fingerprint density at radius 1 is 1.38 bits per heavy atom. The van der Waals surface area contributed by atoms with Gasteiger partial charge in [-0.05, 0) is 18.2 Å². The lowest BCUT2D eigenvalue weighted by atomic mass is 10.1. The molecule has 2 amide bonds. The van der Waals surface area contributed by atoms with E-state index in [0.717, 1.165) is 0 Å². The molecule has 0 bridgehead atoms. The van der Waals surface area contributed by atoms with E-state index in [2.05, 4.69) is 5.32 Å². The Morgan fingerprint density at radius 2 is 2.10 bits per heavy atom. The lowest BCUT2D eigenvalue weighted by Gasteiger charge is -2.17. The topological polar surface area (TPSA) is 86.7 Å². The summed E-state index contributed by atoms with van der Waals surface area (Å²) in [5, 5.41) is 11.8. The number of nitrogens with zero attached hydrogens (tertiary/aromatic N) is 1.